The van der Waals surface area contributed by atoms with Crippen LogP contribution in [0.5, 0.6) is 0 Å². The smallest absolute Gasteiger partial charge is 0.243 e. The molecule has 1 unspecified atom stereocenters. The average Bonchev–Trinajstić information content (AvgIpc) is 2.56. The molecule has 0 spiro atoms. The quantitative estimate of drug-likeness (QED) is 0.219. The second-order valence-electron chi connectivity index (χ2n) is 6.41. The number of fused-ring (bicyclic) bond motifs is 1. The van der Waals surface area contributed by atoms with Gasteiger partial charge in [-0.05, 0) is 48.4 Å². The number of hydrogen-bond donors (Lipinski definition) is 4. The number of nitrogens with zero attached hydrogens (tertiary/aromatic N) is 1. The van der Waals surface area contributed by atoms with Gasteiger partial charge >= 0.3 is 0 Å². The molecule has 10 heteroatoms. The lowest BCUT2D eigenvalue weighted by Gasteiger charge is -2.26. The van der Waals surface area contributed by atoms with Crippen LogP contribution in [0.1, 0.15) is 25.3 Å². The number of rotatable bonds is 8. The van der Waals surface area contributed by atoms with Crippen molar-refractivity contribution in [2.45, 2.75) is 37.1 Å². The number of hydrogen-bond acceptors (Lipinski definition) is 5. The fourth-order valence-corrected chi connectivity index (χ4v) is 4.55. The van der Waals surface area contributed by atoms with E-state index in [0.29, 0.717) is 24.6 Å². The van der Waals surface area contributed by atoms with Gasteiger partial charge in [-0.15, -0.1) is 0 Å². The molecule has 1 aliphatic rings. The van der Waals surface area contributed by atoms with Gasteiger partial charge in [0.2, 0.25) is 15.3 Å². The van der Waals surface area contributed by atoms with Crippen molar-refractivity contribution in [1.29, 1.82) is 0 Å². The van der Waals surface area contributed by atoms with Crippen molar-refractivity contribution in [3.63, 3.8) is 0 Å². The van der Waals surface area contributed by atoms with Gasteiger partial charge in [0.1, 0.15) is 4.90 Å². The standard InChI is InChI=1S/C16H24ClN5O3S/c1-10-8-11-4-2-6-13(14(11)21-9-10)26(24,25)22-12(15(17)23)5-3-7-20-16(18)19/h2,4,6,10,12,21-22H,3,5,7-9H2,1H3,(H4,18,19,20)/t10?,12-/m0/s1. The van der Waals surface area contributed by atoms with E-state index in [-0.39, 0.29) is 23.8 Å². The topological polar surface area (TPSA) is 140 Å². The van der Waals surface area contributed by atoms with E-state index in [4.69, 9.17) is 23.1 Å². The summed E-state index contributed by atoms with van der Waals surface area (Å²) < 4.78 is 28.0. The Labute approximate surface area is 158 Å². The number of para-hydroxylation sites is 1. The van der Waals surface area contributed by atoms with Crippen molar-refractivity contribution >= 4 is 38.5 Å². The summed E-state index contributed by atoms with van der Waals surface area (Å²) in [6, 6.07) is 4.06. The van der Waals surface area contributed by atoms with Gasteiger partial charge in [-0.2, -0.15) is 4.72 Å². The van der Waals surface area contributed by atoms with E-state index in [9.17, 15) is 13.2 Å². The van der Waals surface area contributed by atoms with E-state index in [1.807, 2.05) is 6.07 Å². The lowest BCUT2D eigenvalue weighted by atomic mass is 9.96. The minimum atomic E-state index is -3.92. The Morgan fingerprint density at radius 1 is 1.46 bits per heavy atom. The van der Waals surface area contributed by atoms with E-state index in [2.05, 4.69) is 22.0 Å². The van der Waals surface area contributed by atoms with Gasteiger partial charge in [-0.1, -0.05) is 19.1 Å². The predicted molar refractivity (Wildman–Crippen MR) is 103 cm³/mol. The summed E-state index contributed by atoms with van der Waals surface area (Å²) in [5.41, 5.74) is 12.0. The first-order valence-electron chi connectivity index (χ1n) is 8.33. The molecule has 0 radical (unpaired) electrons. The molecule has 0 aliphatic carbocycles. The van der Waals surface area contributed by atoms with Crippen molar-refractivity contribution < 1.29 is 13.2 Å². The summed E-state index contributed by atoms with van der Waals surface area (Å²) in [7, 11) is -3.92. The Kier molecular flexibility index (Phi) is 6.85. The summed E-state index contributed by atoms with van der Waals surface area (Å²) in [5, 5.41) is 2.40. The van der Waals surface area contributed by atoms with Crippen LogP contribution in [0.4, 0.5) is 5.69 Å². The summed E-state index contributed by atoms with van der Waals surface area (Å²) in [5.74, 6) is 0.358. The van der Waals surface area contributed by atoms with Gasteiger partial charge < -0.3 is 16.8 Å². The Hall–Kier alpha value is -1.84. The van der Waals surface area contributed by atoms with Crippen LogP contribution in [0, 0.1) is 5.92 Å². The normalized spacial score (nSPS) is 17.7. The summed E-state index contributed by atoms with van der Waals surface area (Å²) >= 11 is 5.57. The van der Waals surface area contributed by atoms with Crippen LogP contribution in [-0.4, -0.2) is 38.8 Å². The minimum Gasteiger partial charge on any atom is -0.383 e. The molecule has 1 aromatic carbocycles. The maximum Gasteiger partial charge on any atom is 0.243 e. The van der Waals surface area contributed by atoms with Gasteiger partial charge in [-0.25, -0.2) is 8.42 Å². The molecule has 2 rings (SSSR count). The van der Waals surface area contributed by atoms with Gasteiger partial charge in [0.15, 0.2) is 5.96 Å². The Bertz CT molecular complexity index is 793. The third kappa shape index (κ3) is 5.33. The van der Waals surface area contributed by atoms with Gasteiger partial charge in [0.05, 0.1) is 11.7 Å². The first kappa shape index (κ1) is 20.5. The van der Waals surface area contributed by atoms with Crippen molar-refractivity contribution in [3.05, 3.63) is 23.8 Å². The molecule has 0 saturated heterocycles. The highest BCUT2D eigenvalue weighted by atomic mass is 35.5. The Morgan fingerprint density at radius 3 is 2.85 bits per heavy atom. The Morgan fingerprint density at radius 2 is 2.19 bits per heavy atom. The number of sulfonamides is 1. The third-order valence-electron chi connectivity index (χ3n) is 4.11. The predicted octanol–water partition coefficient (Wildman–Crippen LogP) is 0.757. The van der Waals surface area contributed by atoms with E-state index in [1.165, 1.54) is 6.07 Å². The van der Waals surface area contributed by atoms with E-state index in [1.54, 1.807) is 6.07 Å². The molecule has 144 valence electrons. The van der Waals surface area contributed by atoms with Crippen LogP contribution >= 0.6 is 11.6 Å². The summed E-state index contributed by atoms with van der Waals surface area (Å²) in [6.45, 7) is 3.06. The monoisotopic (exact) mass is 401 g/mol. The van der Waals surface area contributed by atoms with E-state index < -0.39 is 21.3 Å². The number of nitrogens with two attached hydrogens (primary N) is 2. The number of benzene rings is 1. The van der Waals surface area contributed by atoms with Crippen LogP contribution < -0.4 is 21.5 Å². The maximum atomic E-state index is 12.8. The molecule has 26 heavy (non-hydrogen) atoms. The zero-order chi connectivity index (χ0) is 19.3. The Balaban J connectivity index is 2.17. The second-order valence-corrected chi connectivity index (χ2v) is 8.46. The SMILES string of the molecule is CC1CNc2c(cccc2S(=O)(=O)N[C@@H](CCCN=C(N)N)C(=O)Cl)C1. The number of anilines is 1. The molecule has 1 heterocycles. The van der Waals surface area contributed by atoms with Gasteiger partial charge in [-0.3, -0.25) is 9.79 Å². The molecule has 1 aliphatic heterocycles. The highest BCUT2D eigenvalue weighted by Gasteiger charge is 2.28. The van der Waals surface area contributed by atoms with Gasteiger partial charge in [0.25, 0.3) is 0 Å². The molecule has 1 aromatic rings. The maximum absolute atomic E-state index is 12.8. The molecule has 6 N–H and O–H groups in total. The van der Waals surface area contributed by atoms with Crippen LogP contribution in [0.2, 0.25) is 0 Å². The number of carbonyl (C=O) groups excluding carboxylic acids is 1. The van der Waals surface area contributed by atoms with Gasteiger partial charge in [0, 0.05) is 13.1 Å². The van der Waals surface area contributed by atoms with Crippen molar-refractivity contribution in [1.82, 2.24) is 4.72 Å². The molecular formula is C16H24ClN5O3S. The molecule has 0 amide bonds. The molecule has 0 bridgehead atoms. The molecule has 0 saturated carbocycles. The minimum absolute atomic E-state index is 0.0597. The van der Waals surface area contributed by atoms with Crippen LogP contribution in [0.25, 0.3) is 0 Å². The van der Waals surface area contributed by atoms with Crippen molar-refractivity contribution in [3.8, 4) is 0 Å². The van der Waals surface area contributed by atoms with Crippen molar-refractivity contribution in [2.24, 2.45) is 22.4 Å². The number of aliphatic imine (C=N–C) groups is 1. The lowest BCUT2D eigenvalue weighted by molar-refractivity contribution is -0.113. The fraction of sp³-hybridized carbons (Fsp3) is 0.500. The van der Waals surface area contributed by atoms with Crippen LogP contribution in [0.3, 0.4) is 0 Å². The van der Waals surface area contributed by atoms with E-state index in [0.717, 1.165) is 12.0 Å². The van der Waals surface area contributed by atoms with Crippen LogP contribution in [-0.2, 0) is 21.2 Å². The molecule has 0 fully saturated rings. The summed E-state index contributed by atoms with van der Waals surface area (Å²) in [6.07, 6.45) is 1.39. The highest BCUT2D eigenvalue weighted by Crippen LogP contribution is 2.31. The van der Waals surface area contributed by atoms with Crippen molar-refractivity contribution in [2.75, 3.05) is 18.4 Å². The largest absolute Gasteiger partial charge is 0.383 e. The number of nitrogens with one attached hydrogen (secondary N) is 2. The first-order valence-corrected chi connectivity index (χ1v) is 10.2. The highest BCUT2D eigenvalue weighted by molar-refractivity contribution is 7.89. The first-order chi connectivity index (χ1) is 12.2. The molecular weight excluding hydrogens is 378 g/mol. The number of halogens is 1. The molecule has 0 aromatic heterocycles. The second kappa shape index (κ2) is 8.70. The molecule has 2 atom stereocenters. The number of guanidine groups is 1. The zero-order valence-electron chi connectivity index (χ0n) is 14.5. The van der Waals surface area contributed by atoms with Crippen LogP contribution in [0.15, 0.2) is 28.1 Å². The average molecular weight is 402 g/mol. The fourth-order valence-electron chi connectivity index (χ4n) is 2.87. The summed E-state index contributed by atoms with van der Waals surface area (Å²) in [4.78, 5) is 15.6. The third-order valence-corrected chi connectivity index (χ3v) is 5.89. The zero-order valence-corrected chi connectivity index (χ0v) is 16.1. The number of carbonyl (C=O) groups is 1. The lowest BCUT2D eigenvalue weighted by Crippen LogP contribution is -2.39. The molecule has 8 nitrogen and oxygen atoms in total. The van der Waals surface area contributed by atoms with E-state index >= 15 is 0 Å².